The molecule has 0 rings (SSSR count). The summed E-state index contributed by atoms with van der Waals surface area (Å²) in [6, 6.07) is 0. The van der Waals surface area contributed by atoms with E-state index in [9.17, 15) is 10.2 Å². The molecule has 0 radical (unpaired) electrons. The number of aliphatic hydroxyl groups is 2. The van der Waals surface area contributed by atoms with E-state index >= 15 is 0 Å². The van der Waals surface area contributed by atoms with Crippen molar-refractivity contribution in [2.24, 2.45) is 5.41 Å². The van der Waals surface area contributed by atoms with Crippen molar-refractivity contribution >= 4 is 23.2 Å². The highest BCUT2D eigenvalue weighted by molar-refractivity contribution is 6.18. The summed E-state index contributed by atoms with van der Waals surface area (Å²) in [4.78, 5) is 0. The SMILES string of the molecule is CC(C)(CCOCC(C)(C)[N+](C)(C)CC(O)CCl)CC(O)CCl. The Morgan fingerprint density at radius 2 is 1.52 bits per heavy atom. The van der Waals surface area contributed by atoms with Crippen molar-refractivity contribution in [2.45, 2.75) is 58.3 Å². The number of nitrogens with zero attached hydrogens (tertiary/aromatic N) is 1. The van der Waals surface area contributed by atoms with Crippen molar-refractivity contribution in [1.29, 1.82) is 0 Å². The predicted molar refractivity (Wildman–Crippen MR) is 98.3 cm³/mol. The third-order valence-electron chi connectivity index (χ3n) is 4.83. The summed E-state index contributed by atoms with van der Waals surface area (Å²) in [6.45, 7) is 10.3. The summed E-state index contributed by atoms with van der Waals surface area (Å²) in [5.41, 5.74) is -0.134. The number of aliphatic hydroxyl groups excluding tert-OH is 2. The molecular formula is C17H36Cl2NO3+. The maximum atomic E-state index is 9.82. The molecule has 0 aliphatic rings. The summed E-state index contributed by atoms with van der Waals surface area (Å²) in [5.74, 6) is 0.515. The predicted octanol–water partition coefficient (Wildman–Crippen LogP) is 2.86. The lowest BCUT2D eigenvalue weighted by atomic mass is 9.84. The van der Waals surface area contributed by atoms with Gasteiger partial charge in [-0.25, -0.2) is 0 Å². The standard InChI is InChI=1S/C17H36Cl2NO3/c1-16(2,9-14(21)10-18)7-8-23-13-17(3,4)20(5,6)12-15(22)11-19/h14-15,21-22H,7-13H2,1-6H3/q+1. The number of alkyl halides is 2. The Kier molecular flexibility index (Phi) is 9.97. The summed E-state index contributed by atoms with van der Waals surface area (Å²) in [7, 11) is 4.17. The van der Waals surface area contributed by atoms with Gasteiger partial charge in [0.15, 0.2) is 0 Å². The lowest BCUT2D eigenvalue weighted by Gasteiger charge is -2.45. The number of rotatable bonds is 12. The quantitative estimate of drug-likeness (QED) is 0.314. The fourth-order valence-corrected chi connectivity index (χ4v) is 2.67. The zero-order valence-corrected chi connectivity index (χ0v) is 17.1. The van der Waals surface area contributed by atoms with E-state index in [-0.39, 0.29) is 22.7 Å². The van der Waals surface area contributed by atoms with Crippen LogP contribution in [0.1, 0.15) is 40.5 Å². The van der Waals surface area contributed by atoms with Crippen LogP contribution in [0.2, 0.25) is 0 Å². The van der Waals surface area contributed by atoms with Gasteiger partial charge in [0.1, 0.15) is 24.8 Å². The van der Waals surface area contributed by atoms with E-state index in [2.05, 4.69) is 41.8 Å². The van der Waals surface area contributed by atoms with Gasteiger partial charge >= 0.3 is 0 Å². The molecule has 0 saturated carbocycles. The molecule has 2 atom stereocenters. The highest BCUT2D eigenvalue weighted by Gasteiger charge is 2.38. The molecule has 0 aliphatic carbocycles. The highest BCUT2D eigenvalue weighted by Crippen LogP contribution is 2.28. The van der Waals surface area contributed by atoms with Crippen LogP contribution in [0.4, 0.5) is 0 Å². The maximum Gasteiger partial charge on any atom is 0.117 e. The first-order valence-corrected chi connectivity index (χ1v) is 9.33. The van der Waals surface area contributed by atoms with Crippen LogP contribution in [-0.4, -0.2) is 78.1 Å². The van der Waals surface area contributed by atoms with Crippen LogP contribution in [0.5, 0.6) is 0 Å². The van der Waals surface area contributed by atoms with Crippen molar-refractivity contribution < 1.29 is 19.4 Å². The molecule has 0 spiro atoms. The minimum Gasteiger partial charge on any atom is -0.392 e. The summed E-state index contributed by atoms with van der Waals surface area (Å²) >= 11 is 11.4. The van der Waals surface area contributed by atoms with Gasteiger partial charge in [0.2, 0.25) is 0 Å². The van der Waals surface area contributed by atoms with E-state index in [1.54, 1.807) is 0 Å². The first-order valence-electron chi connectivity index (χ1n) is 8.26. The molecule has 0 aliphatic heterocycles. The highest BCUT2D eigenvalue weighted by atomic mass is 35.5. The molecule has 140 valence electrons. The third kappa shape index (κ3) is 8.89. The number of halogens is 2. The second-order valence-electron chi connectivity index (χ2n) is 8.47. The molecule has 0 saturated heterocycles. The van der Waals surface area contributed by atoms with Crippen LogP contribution in [0.3, 0.4) is 0 Å². The zero-order chi connectivity index (χ0) is 18.3. The summed E-state index contributed by atoms with van der Waals surface area (Å²) < 4.78 is 6.54. The fourth-order valence-electron chi connectivity index (χ4n) is 2.46. The van der Waals surface area contributed by atoms with Crippen LogP contribution >= 0.6 is 23.2 Å². The average molecular weight is 373 g/mol. The molecule has 0 bridgehead atoms. The van der Waals surface area contributed by atoms with E-state index in [4.69, 9.17) is 27.9 Å². The molecule has 2 unspecified atom stereocenters. The van der Waals surface area contributed by atoms with Gasteiger partial charge in [-0.2, -0.15) is 0 Å². The number of quaternary nitrogens is 1. The summed E-state index contributed by atoms with van der Waals surface area (Å²) in [5, 5.41) is 19.5. The second-order valence-corrected chi connectivity index (χ2v) is 9.08. The first-order chi connectivity index (χ1) is 10.4. The largest absolute Gasteiger partial charge is 0.392 e. The van der Waals surface area contributed by atoms with Crippen molar-refractivity contribution in [3.05, 3.63) is 0 Å². The van der Waals surface area contributed by atoms with E-state index in [0.717, 1.165) is 6.42 Å². The van der Waals surface area contributed by atoms with Gasteiger partial charge in [-0.3, -0.25) is 0 Å². The van der Waals surface area contributed by atoms with E-state index in [1.165, 1.54) is 0 Å². The third-order valence-corrected chi connectivity index (χ3v) is 5.54. The summed E-state index contributed by atoms with van der Waals surface area (Å²) in [6.07, 6.45) is 0.569. The zero-order valence-electron chi connectivity index (χ0n) is 15.6. The monoisotopic (exact) mass is 372 g/mol. The number of hydrogen-bond acceptors (Lipinski definition) is 3. The van der Waals surface area contributed by atoms with Crippen LogP contribution in [0, 0.1) is 5.41 Å². The van der Waals surface area contributed by atoms with Gasteiger partial charge in [-0.15, -0.1) is 23.2 Å². The molecule has 0 amide bonds. The van der Waals surface area contributed by atoms with Crippen LogP contribution in [0.15, 0.2) is 0 Å². The normalized spacial score (nSPS) is 16.4. The smallest absolute Gasteiger partial charge is 0.117 e. The first kappa shape index (κ1) is 23.4. The molecule has 0 aromatic carbocycles. The minimum atomic E-state index is -0.512. The van der Waals surface area contributed by atoms with Crippen molar-refractivity contribution in [3.8, 4) is 0 Å². The van der Waals surface area contributed by atoms with Crippen LogP contribution in [-0.2, 0) is 4.74 Å². The van der Waals surface area contributed by atoms with E-state index < -0.39 is 12.2 Å². The molecule has 0 aromatic heterocycles. The van der Waals surface area contributed by atoms with Gasteiger partial charge in [-0.05, 0) is 32.1 Å². The minimum absolute atomic E-state index is 0.00234. The Hall–Kier alpha value is 0.420. The molecule has 0 heterocycles. The van der Waals surface area contributed by atoms with Gasteiger partial charge in [0.05, 0.1) is 26.1 Å². The van der Waals surface area contributed by atoms with Crippen LogP contribution < -0.4 is 0 Å². The Morgan fingerprint density at radius 3 is 2.00 bits per heavy atom. The Balaban J connectivity index is 4.34. The molecule has 6 heteroatoms. The fraction of sp³-hybridized carbons (Fsp3) is 1.00. The molecular weight excluding hydrogens is 337 g/mol. The Labute approximate surface area is 152 Å². The van der Waals surface area contributed by atoms with Gasteiger partial charge in [-0.1, -0.05) is 13.8 Å². The number of hydrogen-bond donors (Lipinski definition) is 2. The van der Waals surface area contributed by atoms with Crippen LogP contribution in [0.25, 0.3) is 0 Å². The lowest BCUT2D eigenvalue weighted by molar-refractivity contribution is -0.940. The number of ether oxygens (including phenoxy) is 1. The Morgan fingerprint density at radius 1 is 1.00 bits per heavy atom. The van der Waals surface area contributed by atoms with Gasteiger partial charge in [0.25, 0.3) is 0 Å². The maximum absolute atomic E-state index is 9.82. The molecule has 2 N–H and O–H groups in total. The lowest BCUT2D eigenvalue weighted by Crippen LogP contribution is -2.61. The van der Waals surface area contributed by atoms with Gasteiger partial charge in [0, 0.05) is 12.5 Å². The molecule has 4 nitrogen and oxygen atoms in total. The molecule has 0 aromatic rings. The van der Waals surface area contributed by atoms with Crippen molar-refractivity contribution in [2.75, 3.05) is 45.6 Å². The Bertz CT molecular complexity index is 336. The topological polar surface area (TPSA) is 49.7 Å². The van der Waals surface area contributed by atoms with E-state index in [0.29, 0.717) is 30.7 Å². The number of likely N-dealkylation sites (N-methyl/N-ethyl adjacent to an activating group) is 1. The average Bonchev–Trinajstić information content (AvgIpc) is 2.42. The van der Waals surface area contributed by atoms with Gasteiger partial charge < -0.3 is 19.4 Å². The second kappa shape index (κ2) is 9.79. The molecule has 0 fully saturated rings. The molecule has 23 heavy (non-hydrogen) atoms. The van der Waals surface area contributed by atoms with Crippen molar-refractivity contribution in [3.63, 3.8) is 0 Å². The van der Waals surface area contributed by atoms with Crippen molar-refractivity contribution in [1.82, 2.24) is 0 Å². The van der Waals surface area contributed by atoms with E-state index in [1.807, 2.05) is 0 Å².